The van der Waals surface area contributed by atoms with Crippen LogP contribution >= 0.6 is 0 Å². The van der Waals surface area contributed by atoms with Crippen LogP contribution in [0.5, 0.6) is 0 Å². The van der Waals surface area contributed by atoms with Crippen molar-refractivity contribution in [3.05, 3.63) is 12.7 Å². The fraction of sp³-hybridized carbons (Fsp3) is 0.667. The molecule has 1 heterocycles. The van der Waals surface area contributed by atoms with Gasteiger partial charge < -0.3 is 5.11 Å². The lowest BCUT2D eigenvalue weighted by Crippen LogP contribution is -2.41. The Morgan fingerprint density at radius 2 is 2.50 bits per heavy atom. The summed E-state index contributed by atoms with van der Waals surface area (Å²) in [5, 5.41) is 8.84. The van der Waals surface area contributed by atoms with Crippen LogP contribution in [0.2, 0.25) is 0 Å². The number of hydrogen-bond donors (Lipinski definition) is 1. The van der Waals surface area contributed by atoms with Crippen molar-refractivity contribution in [3.8, 4) is 0 Å². The molecule has 0 spiro atoms. The standard InChI is InChI=1S/C9H15NO2/c1-3-8(9(11)12)10-6-4-5-7(10)2/h3,7-8H,1,4-6H2,2H3,(H,11,12). The number of rotatable bonds is 3. The molecule has 0 bridgehead atoms. The first-order valence-corrected chi connectivity index (χ1v) is 4.28. The topological polar surface area (TPSA) is 40.5 Å². The Morgan fingerprint density at radius 3 is 2.83 bits per heavy atom. The minimum absolute atomic E-state index is 0.379. The van der Waals surface area contributed by atoms with Crippen molar-refractivity contribution < 1.29 is 9.90 Å². The Bertz CT molecular complexity index is 191. The molecule has 0 aliphatic carbocycles. The molecule has 1 fully saturated rings. The SMILES string of the molecule is C=CC(C(=O)O)N1CCCC1C. The van der Waals surface area contributed by atoms with Gasteiger partial charge in [-0.1, -0.05) is 6.08 Å². The van der Waals surface area contributed by atoms with E-state index < -0.39 is 12.0 Å². The molecule has 1 N–H and O–H groups in total. The van der Waals surface area contributed by atoms with Gasteiger partial charge in [0.25, 0.3) is 0 Å². The predicted molar refractivity (Wildman–Crippen MR) is 47.0 cm³/mol. The Morgan fingerprint density at radius 1 is 1.83 bits per heavy atom. The average molecular weight is 169 g/mol. The van der Waals surface area contributed by atoms with E-state index in [1.807, 2.05) is 4.90 Å². The summed E-state index contributed by atoms with van der Waals surface area (Å²) in [5.41, 5.74) is 0. The van der Waals surface area contributed by atoms with Crippen molar-refractivity contribution >= 4 is 5.97 Å². The number of nitrogens with zero attached hydrogens (tertiary/aromatic N) is 1. The van der Waals surface area contributed by atoms with Crippen molar-refractivity contribution in [1.82, 2.24) is 4.90 Å². The minimum Gasteiger partial charge on any atom is -0.480 e. The van der Waals surface area contributed by atoms with Crippen LogP contribution in [-0.2, 0) is 4.79 Å². The second-order valence-electron chi connectivity index (χ2n) is 3.25. The number of carboxylic acid groups (broad SMARTS) is 1. The van der Waals surface area contributed by atoms with E-state index in [0.717, 1.165) is 19.4 Å². The van der Waals surface area contributed by atoms with Crippen molar-refractivity contribution in [3.63, 3.8) is 0 Å². The molecule has 1 aliphatic rings. The highest BCUT2D eigenvalue weighted by atomic mass is 16.4. The van der Waals surface area contributed by atoms with Crippen molar-refractivity contribution in [2.24, 2.45) is 0 Å². The quantitative estimate of drug-likeness (QED) is 0.643. The highest BCUT2D eigenvalue weighted by Gasteiger charge is 2.29. The van der Waals surface area contributed by atoms with Gasteiger partial charge in [0.05, 0.1) is 0 Å². The highest BCUT2D eigenvalue weighted by molar-refractivity contribution is 5.75. The molecule has 0 aromatic rings. The predicted octanol–water partition coefficient (Wildman–Crippen LogP) is 1.11. The highest BCUT2D eigenvalue weighted by Crippen LogP contribution is 2.19. The molecule has 0 saturated carbocycles. The fourth-order valence-electron chi connectivity index (χ4n) is 1.75. The summed E-state index contributed by atoms with van der Waals surface area (Å²) < 4.78 is 0. The monoisotopic (exact) mass is 169 g/mol. The van der Waals surface area contributed by atoms with E-state index >= 15 is 0 Å². The molecule has 0 aromatic carbocycles. The minimum atomic E-state index is -0.793. The molecule has 12 heavy (non-hydrogen) atoms. The van der Waals surface area contributed by atoms with Crippen molar-refractivity contribution in [2.75, 3.05) is 6.54 Å². The lowest BCUT2D eigenvalue weighted by Gasteiger charge is -2.25. The largest absolute Gasteiger partial charge is 0.480 e. The first-order chi connectivity index (χ1) is 5.66. The van der Waals surface area contributed by atoms with Crippen molar-refractivity contribution in [2.45, 2.75) is 31.8 Å². The van der Waals surface area contributed by atoms with E-state index in [1.165, 1.54) is 6.08 Å². The number of carbonyl (C=O) groups is 1. The van der Waals surface area contributed by atoms with E-state index in [1.54, 1.807) is 0 Å². The van der Waals surface area contributed by atoms with Gasteiger partial charge in [-0.25, -0.2) is 0 Å². The number of likely N-dealkylation sites (tertiary alicyclic amines) is 1. The van der Waals surface area contributed by atoms with E-state index in [9.17, 15) is 4.79 Å². The average Bonchev–Trinajstić information content (AvgIpc) is 2.38. The van der Waals surface area contributed by atoms with Crippen LogP contribution in [0.15, 0.2) is 12.7 Å². The van der Waals surface area contributed by atoms with Gasteiger partial charge in [0.15, 0.2) is 0 Å². The molecule has 68 valence electrons. The summed E-state index contributed by atoms with van der Waals surface area (Å²) >= 11 is 0. The molecule has 2 atom stereocenters. The van der Waals surface area contributed by atoms with Crippen LogP contribution < -0.4 is 0 Å². The van der Waals surface area contributed by atoms with Gasteiger partial charge in [-0.15, -0.1) is 6.58 Å². The van der Waals surface area contributed by atoms with Crippen LogP contribution in [-0.4, -0.2) is 34.6 Å². The second-order valence-corrected chi connectivity index (χ2v) is 3.25. The maximum absolute atomic E-state index is 10.8. The van der Waals surface area contributed by atoms with Gasteiger partial charge in [-0.3, -0.25) is 9.69 Å². The molecular weight excluding hydrogens is 154 g/mol. The smallest absolute Gasteiger partial charge is 0.324 e. The third-order valence-electron chi connectivity index (χ3n) is 2.44. The summed E-state index contributed by atoms with van der Waals surface area (Å²) in [4.78, 5) is 12.7. The first-order valence-electron chi connectivity index (χ1n) is 4.28. The third-order valence-corrected chi connectivity index (χ3v) is 2.44. The molecule has 1 saturated heterocycles. The summed E-state index contributed by atoms with van der Waals surface area (Å²) in [6.07, 6.45) is 3.70. The van der Waals surface area contributed by atoms with Gasteiger partial charge in [-0.2, -0.15) is 0 Å². The molecule has 0 amide bonds. The molecule has 3 nitrogen and oxygen atoms in total. The van der Waals surface area contributed by atoms with E-state index in [4.69, 9.17) is 5.11 Å². The molecule has 1 aliphatic heterocycles. The Hall–Kier alpha value is -0.830. The van der Waals surface area contributed by atoms with Crippen molar-refractivity contribution in [1.29, 1.82) is 0 Å². The molecule has 3 heteroatoms. The maximum Gasteiger partial charge on any atom is 0.324 e. The molecule has 2 unspecified atom stereocenters. The number of carboxylic acids is 1. The normalized spacial score (nSPS) is 26.9. The third kappa shape index (κ3) is 1.67. The first kappa shape index (κ1) is 9.26. The number of aliphatic carboxylic acids is 1. The molecule has 0 aromatic heterocycles. The van der Waals surface area contributed by atoms with E-state index in [2.05, 4.69) is 13.5 Å². The molecule has 0 radical (unpaired) electrons. The van der Waals surface area contributed by atoms with Gasteiger partial charge in [0.2, 0.25) is 0 Å². The Balaban J connectivity index is 2.64. The Kier molecular flexibility index (Phi) is 2.87. The lowest BCUT2D eigenvalue weighted by atomic mass is 10.2. The summed E-state index contributed by atoms with van der Waals surface area (Å²) in [6, 6.07) is -0.119. The zero-order valence-corrected chi connectivity index (χ0v) is 7.36. The molecule has 1 rings (SSSR count). The molecular formula is C9H15NO2. The van der Waals surface area contributed by atoms with Crippen LogP contribution in [0.25, 0.3) is 0 Å². The number of hydrogen-bond acceptors (Lipinski definition) is 2. The maximum atomic E-state index is 10.8. The van der Waals surface area contributed by atoms with E-state index in [-0.39, 0.29) is 0 Å². The van der Waals surface area contributed by atoms with Crippen LogP contribution in [0.1, 0.15) is 19.8 Å². The second kappa shape index (κ2) is 3.72. The fourth-order valence-corrected chi connectivity index (χ4v) is 1.75. The summed E-state index contributed by atoms with van der Waals surface area (Å²) in [7, 11) is 0. The van der Waals surface area contributed by atoms with Gasteiger partial charge in [0.1, 0.15) is 6.04 Å². The van der Waals surface area contributed by atoms with Gasteiger partial charge in [-0.05, 0) is 26.3 Å². The van der Waals surface area contributed by atoms with Gasteiger partial charge in [0, 0.05) is 6.04 Å². The Labute approximate surface area is 72.7 Å². The van der Waals surface area contributed by atoms with Crippen LogP contribution in [0.3, 0.4) is 0 Å². The van der Waals surface area contributed by atoms with Crippen LogP contribution in [0.4, 0.5) is 0 Å². The summed E-state index contributed by atoms with van der Waals surface area (Å²) in [5.74, 6) is -0.793. The lowest BCUT2D eigenvalue weighted by molar-refractivity contribution is -0.141. The van der Waals surface area contributed by atoms with Gasteiger partial charge >= 0.3 is 5.97 Å². The van der Waals surface area contributed by atoms with Crippen LogP contribution in [0, 0.1) is 0 Å². The van der Waals surface area contributed by atoms with E-state index in [0.29, 0.717) is 6.04 Å². The zero-order chi connectivity index (χ0) is 9.14. The zero-order valence-electron chi connectivity index (χ0n) is 7.36. The summed E-state index contributed by atoms with van der Waals surface area (Å²) in [6.45, 7) is 6.48.